The van der Waals surface area contributed by atoms with Crippen LogP contribution in [0.3, 0.4) is 0 Å². The second kappa shape index (κ2) is 6.11. The molecule has 2 heterocycles. The summed E-state index contributed by atoms with van der Waals surface area (Å²) in [5.41, 5.74) is 3.69. The topological polar surface area (TPSA) is 92.4 Å². The molecule has 0 atom stereocenters. The molecule has 0 saturated heterocycles. The number of hydrogen-bond donors (Lipinski definition) is 2. The fourth-order valence-corrected chi connectivity index (χ4v) is 2.59. The summed E-state index contributed by atoms with van der Waals surface area (Å²) in [4.78, 5) is 0. The van der Waals surface area contributed by atoms with Crippen molar-refractivity contribution < 1.29 is 4.74 Å². The maximum Gasteiger partial charge on any atom is 0.179 e. The van der Waals surface area contributed by atoms with Crippen LogP contribution in [0.5, 0.6) is 5.75 Å². The molecule has 0 amide bonds. The summed E-state index contributed by atoms with van der Waals surface area (Å²) < 4.78 is 5.66. The molecule has 119 valence electrons. The largest absolute Gasteiger partial charge is 0.494 e. The minimum atomic E-state index is 0.591. The molecule has 1 radical (unpaired) electrons. The second-order valence-electron chi connectivity index (χ2n) is 5.31. The van der Waals surface area contributed by atoms with Crippen LogP contribution in [0.25, 0.3) is 33.5 Å². The molecule has 0 unspecified atom stereocenters. The molecule has 0 aliphatic heterocycles. The Hall–Kier alpha value is -3.22. The SMILES string of the molecule is [CH2]CCOc1cccc(-c2n[nH]c3ccc(-c4nnn[nH]4)cc23)c1. The number of nitrogens with zero attached hydrogens (tertiary/aromatic N) is 4. The summed E-state index contributed by atoms with van der Waals surface area (Å²) in [7, 11) is 0. The monoisotopic (exact) mass is 319 g/mol. The van der Waals surface area contributed by atoms with Gasteiger partial charge < -0.3 is 4.74 Å². The number of H-pyrrole nitrogens is 2. The van der Waals surface area contributed by atoms with Crippen molar-refractivity contribution in [1.29, 1.82) is 0 Å². The van der Waals surface area contributed by atoms with Crippen molar-refractivity contribution in [3.63, 3.8) is 0 Å². The highest BCUT2D eigenvalue weighted by Gasteiger charge is 2.11. The number of fused-ring (bicyclic) bond motifs is 1. The standard InChI is InChI=1S/C17H15N6O/c1-2-8-24-13-5-3-4-11(9-13)16-14-10-12(17-20-22-23-21-17)6-7-15(14)18-19-16/h3-7,9-10H,1-2,8H2,(H,18,19)(H,20,21,22,23). The first-order valence-corrected chi connectivity index (χ1v) is 7.60. The van der Waals surface area contributed by atoms with Crippen LogP contribution in [-0.2, 0) is 0 Å². The minimum absolute atomic E-state index is 0.591. The van der Waals surface area contributed by atoms with E-state index in [9.17, 15) is 0 Å². The molecular weight excluding hydrogens is 304 g/mol. The van der Waals surface area contributed by atoms with E-state index in [-0.39, 0.29) is 0 Å². The van der Waals surface area contributed by atoms with Gasteiger partial charge in [0.2, 0.25) is 0 Å². The maximum absolute atomic E-state index is 5.66. The molecule has 0 aliphatic carbocycles. The van der Waals surface area contributed by atoms with E-state index in [4.69, 9.17) is 4.74 Å². The van der Waals surface area contributed by atoms with Crippen LogP contribution in [0.2, 0.25) is 0 Å². The van der Waals surface area contributed by atoms with E-state index in [2.05, 4.69) is 37.7 Å². The van der Waals surface area contributed by atoms with Crippen LogP contribution >= 0.6 is 0 Å². The highest BCUT2D eigenvalue weighted by Crippen LogP contribution is 2.31. The van der Waals surface area contributed by atoms with Crippen LogP contribution in [0.4, 0.5) is 0 Å². The van der Waals surface area contributed by atoms with Crippen LogP contribution in [0.15, 0.2) is 42.5 Å². The third kappa shape index (κ3) is 2.60. The molecule has 2 aromatic heterocycles. The molecule has 7 heteroatoms. The van der Waals surface area contributed by atoms with E-state index in [1.807, 2.05) is 42.5 Å². The lowest BCUT2D eigenvalue weighted by molar-refractivity contribution is 0.324. The smallest absolute Gasteiger partial charge is 0.179 e. The van der Waals surface area contributed by atoms with E-state index < -0.39 is 0 Å². The highest BCUT2D eigenvalue weighted by atomic mass is 16.5. The molecule has 0 fully saturated rings. The predicted octanol–water partition coefficient (Wildman–Crippen LogP) is 3.01. The van der Waals surface area contributed by atoms with Gasteiger partial charge in [0.05, 0.1) is 12.1 Å². The first kappa shape index (κ1) is 14.4. The van der Waals surface area contributed by atoms with Gasteiger partial charge in [-0.2, -0.15) is 5.10 Å². The number of aromatic nitrogens is 6. The van der Waals surface area contributed by atoms with Crippen LogP contribution in [0.1, 0.15) is 6.42 Å². The quantitative estimate of drug-likeness (QED) is 0.590. The zero-order chi connectivity index (χ0) is 16.4. The highest BCUT2D eigenvalue weighted by molar-refractivity contribution is 5.95. The number of benzene rings is 2. The van der Waals surface area contributed by atoms with Gasteiger partial charge in [-0.3, -0.25) is 5.10 Å². The van der Waals surface area contributed by atoms with Crippen molar-refractivity contribution in [2.75, 3.05) is 6.61 Å². The van der Waals surface area contributed by atoms with Gasteiger partial charge in [0.1, 0.15) is 11.4 Å². The Balaban J connectivity index is 1.78. The van der Waals surface area contributed by atoms with Crippen molar-refractivity contribution >= 4 is 10.9 Å². The molecule has 2 N–H and O–H groups in total. The van der Waals surface area contributed by atoms with Gasteiger partial charge in [0.15, 0.2) is 5.82 Å². The Morgan fingerprint density at radius 2 is 2.00 bits per heavy atom. The van der Waals surface area contributed by atoms with E-state index in [1.54, 1.807) is 0 Å². The molecule has 0 spiro atoms. The molecular formula is C17H15N6O. The molecule has 24 heavy (non-hydrogen) atoms. The van der Waals surface area contributed by atoms with Gasteiger partial charge in [-0.15, -0.1) is 5.10 Å². The molecule has 4 aromatic rings. The zero-order valence-corrected chi connectivity index (χ0v) is 12.9. The van der Waals surface area contributed by atoms with Crippen LogP contribution in [-0.4, -0.2) is 37.4 Å². The fraction of sp³-hybridized carbons (Fsp3) is 0.118. The van der Waals surface area contributed by atoms with Crippen molar-refractivity contribution in [3.05, 3.63) is 49.4 Å². The first-order chi connectivity index (χ1) is 11.8. The number of tetrazole rings is 1. The molecule has 0 aliphatic rings. The molecule has 2 aromatic carbocycles. The average Bonchev–Trinajstić information content (AvgIpc) is 3.29. The van der Waals surface area contributed by atoms with Crippen LogP contribution < -0.4 is 4.74 Å². The van der Waals surface area contributed by atoms with Crippen molar-refractivity contribution in [2.45, 2.75) is 6.42 Å². The molecule has 7 nitrogen and oxygen atoms in total. The van der Waals surface area contributed by atoms with E-state index in [1.165, 1.54) is 0 Å². The van der Waals surface area contributed by atoms with Gasteiger partial charge >= 0.3 is 0 Å². The lowest BCUT2D eigenvalue weighted by atomic mass is 10.1. The number of rotatable bonds is 5. The summed E-state index contributed by atoms with van der Waals surface area (Å²) in [6, 6.07) is 13.8. The molecule has 0 bridgehead atoms. The normalized spacial score (nSPS) is 11.0. The number of hydrogen-bond acceptors (Lipinski definition) is 5. The fourth-order valence-electron chi connectivity index (χ4n) is 2.59. The Kier molecular flexibility index (Phi) is 3.66. The third-order valence-electron chi connectivity index (χ3n) is 3.70. The van der Waals surface area contributed by atoms with Gasteiger partial charge in [-0.05, 0) is 54.1 Å². The summed E-state index contributed by atoms with van der Waals surface area (Å²) in [6.07, 6.45) is 0.726. The predicted molar refractivity (Wildman–Crippen MR) is 90.2 cm³/mol. The zero-order valence-electron chi connectivity index (χ0n) is 12.9. The van der Waals surface area contributed by atoms with E-state index >= 15 is 0 Å². The number of ether oxygens (including phenoxy) is 1. The summed E-state index contributed by atoms with van der Waals surface area (Å²) >= 11 is 0. The van der Waals surface area contributed by atoms with Crippen molar-refractivity contribution in [1.82, 2.24) is 30.8 Å². The first-order valence-electron chi connectivity index (χ1n) is 7.60. The summed E-state index contributed by atoms with van der Waals surface area (Å²) in [5, 5.41) is 22.5. The molecule has 0 saturated carbocycles. The van der Waals surface area contributed by atoms with Gasteiger partial charge in [0.25, 0.3) is 0 Å². The summed E-state index contributed by atoms with van der Waals surface area (Å²) in [6.45, 7) is 4.38. The second-order valence-corrected chi connectivity index (χ2v) is 5.31. The third-order valence-corrected chi connectivity index (χ3v) is 3.70. The van der Waals surface area contributed by atoms with Crippen molar-refractivity contribution in [3.8, 4) is 28.4 Å². The lowest BCUT2D eigenvalue weighted by Crippen LogP contribution is -1.95. The average molecular weight is 319 g/mol. The van der Waals surface area contributed by atoms with Gasteiger partial charge in [-0.25, -0.2) is 5.10 Å². The number of nitrogens with one attached hydrogen (secondary N) is 2. The lowest BCUT2D eigenvalue weighted by Gasteiger charge is -2.06. The Morgan fingerprint density at radius 1 is 1.04 bits per heavy atom. The Labute approximate surface area is 138 Å². The van der Waals surface area contributed by atoms with Gasteiger partial charge in [-0.1, -0.05) is 12.1 Å². The maximum atomic E-state index is 5.66. The molecule has 4 rings (SSSR count). The van der Waals surface area contributed by atoms with Gasteiger partial charge in [0, 0.05) is 16.5 Å². The van der Waals surface area contributed by atoms with E-state index in [0.29, 0.717) is 12.4 Å². The summed E-state index contributed by atoms with van der Waals surface area (Å²) in [5.74, 6) is 1.43. The van der Waals surface area contributed by atoms with Crippen molar-refractivity contribution in [2.24, 2.45) is 0 Å². The van der Waals surface area contributed by atoms with Crippen LogP contribution in [0, 0.1) is 6.92 Å². The van der Waals surface area contributed by atoms with E-state index in [0.717, 1.165) is 39.9 Å². The Morgan fingerprint density at radius 3 is 2.83 bits per heavy atom. The minimum Gasteiger partial charge on any atom is -0.494 e. The Bertz CT molecular complexity index is 960. The number of aromatic amines is 2.